The number of hydrogen-bond donors (Lipinski definition) is 3. The van der Waals surface area contributed by atoms with Gasteiger partial charge in [-0.15, -0.1) is 0 Å². The van der Waals surface area contributed by atoms with Gasteiger partial charge in [0.25, 0.3) is 0 Å². The average molecular weight is 271 g/mol. The molecule has 0 unspecified atom stereocenters. The fourth-order valence-electron chi connectivity index (χ4n) is 1.25. The molecule has 0 saturated carbocycles. The third-order valence-electron chi connectivity index (χ3n) is 2.06. The first-order chi connectivity index (χ1) is 8.51. The molecular weight excluding hydrogens is 249 g/mol. The lowest BCUT2D eigenvalue weighted by Crippen LogP contribution is -1.99. The smallest absolute Gasteiger partial charge is 0.168 e. The lowest BCUT2D eigenvalue weighted by Gasteiger charge is -2.08. The molecule has 0 rings (SSSR count). The Kier molecular flexibility index (Phi) is 9.29. The van der Waals surface area contributed by atoms with E-state index in [-0.39, 0.29) is 12.8 Å². The monoisotopic (exact) mass is 271 g/mol. The van der Waals surface area contributed by atoms with Gasteiger partial charge in [-0.1, -0.05) is 18.7 Å². The van der Waals surface area contributed by atoms with Crippen LogP contribution in [0.4, 0.5) is 0 Å². The van der Waals surface area contributed by atoms with Gasteiger partial charge in [0.1, 0.15) is 5.76 Å². The summed E-state index contributed by atoms with van der Waals surface area (Å²) in [5, 5.41) is 2.97. The molecule has 0 aliphatic rings. The molecule has 0 heterocycles. The van der Waals surface area contributed by atoms with E-state index in [1.165, 1.54) is 0 Å². The fraction of sp³-hybridized carbons (Fsp3) is 0.385. The highest BCUT2D eigenvalue weighted by Gasteiger charge is 2.01. The molecule has 0 aromatic heterocycles. The van der Waals surface area contributed by atoms with Crippen LogP contribution in [0.15, 0.2) is 47.9 Å². The maximum absolute atomic E-state index is 8.76. The number of nitrogens with one attached hydrogen (secondary N) is 1. The van der Waals surface area contributed by atoms with Crippen molar-refractivity contribution in [2.45, 2.75) is 13.8 Å². The van der Waals surface area contributed by atoms with E-state index < -0.39 is 8.38 Å². The number of hydrogen-bond acceptors (Lipinski definition) is 4. The van der Waals surface area contributed by atoms with E-state index in [0.717, 1.165) is 11.1 Å². The van der Waals surface area contributed by atoms with Crippen LogP contribution >= 0.6 is 8.38 Å². The van der Waals surface area contributed by atoms with Gasteiger partial charge in [0.15, 0.2) is 8.38 Å². The molecule has 0 atom stereocenters. The van der Waals surface area contributed by atoms with E-state index in [2.05, 4.69) is 11.9 Å². The summed E-state index contributed by atoms with van der Waals surface area (Å²) in [5.74, 6) is 0.504. The SMILES string of the molecule is C=C(/C=C(\C=C/C)C(/C)=C/NC)OCCP(O)O. The van der Waals surface area contributed by atoms with Crippen molar-refractivity contribution < 1.29 is 14.5 Å². The van der Waals surface area contributed by atoms with Gasteiger partial charge in [0.2, 0.25) is 0 Å². The Morgan fingerprint density at radius 2 is 2.11 bits per heavy atom. The van der Waals surface area contributed by atoms with Crippen molar-refractivity contribution in [3.05, 3.63) is 47.9 Å². The van der Waals surface area contributed by atoms with E-state index in [4.69, 9.17) is 14.5 Å². The molecule has 0 amide bonds. The molecule has 0 aromatic rings. The Morgan fingerprint density at radius 1 is 1.44 bits per heavy atom. The van der Waals surface area contributed by atoms with Gasteiger partial charge in [-0.3, -0.25) is 0 Å². The minimum Gasteiger partial charge on any atom is -0.494 e. The van der Waals surface area contributed by atoms with Gasteiger partial charge in [-0.25, -0.2) is 0 Å². The van der Waals surface area contributed by atoms with Crippen LogP contribution in [0.5, 0.6) is 0 Å². The summed E-state index contributed by atoms with van der Waals surface area (Å²) in [6.45, 7) is 7.96. The van der Waals surface area contributed by atoms with E-state index in [1.54, 1.807) is 0 Å². The average Bonchev–Trinajstić information content (AvgIpc) is 2.28. The zero-order chi connectivity index (χ0) is 14.0. The number of ether oxygens (including phenoxy) is 1. The maximum atomic E-state index is 8.76. The molecule has 0 aliphatic heterocycles. The molecule has 0 spiro atoms. The van der Waals surface area contributed by atoms with E-state index in [9.17, 15) is 0 Å². The van der Waals surface area contributed by atoms with E-state index >= 15 is 0 Å². The highest BCUT2D eigenvalue weighted by molar-refractivity contribution is 7.45. The third-order valence-corrected chi connectivity index (χ3v) is 2.64. The molecule has 4 nitrogen and oxygen atoms in total. The molecule has 3 N–H and O–H groups in total. The first-order valence-electron chi connectivity index (χ1n) is 5.67. The Labute approximate surface area is 110 Å². The van der Waals surface area contributed by atoms with Crippen LogP contribution in [0.25, 0.3) is 0 Å². The summed E-state index contributed by atoms with van der Waals surface area (Å²) in [7, 11) is -0.0583. The van der Waals surface area contributed by atoms with Gasteiger partial charge in [0.05, 0.1) is 12.8 Å². The second kappa shape index (κ2) is 9.89. The quantitative estimate of drug-likeness (QED) is 0.360. The standard InChI is InChI=1S/C13H22NO3P/c1-5-6-13(11(2)10-14-4)9-12(3)17-7-8-18(15)16/h5-6,9-10,14-16H,3,7-8H2,1-2,4H3/b6-5-,11-10+,13-9+. The topological polar surface area (TPSA) is 61.7 Å². The minimum absolute atomic E-state index is 0.229. The lowest BCUT2D eigenvalue weighted by molar-refractivity contribution is 0.242. The highest BCUT2D eigenvalue weighted by Crippen LogP contribution is 2.22. The van der Waals surface area contributed by atoms with Crippen molar-refractivity contribution in [1.82, 2.24) is 5.32 Å². The maximum Gasteiger partial charge on any atom is 0.168 e. The van der Waals surface area contributed by atoms with Gasteiger partial charge in [-0.05, 0) is 37.3 Å². The van der Waals surface area contributed by atoms with Crippen LogP contribution in [0, 0.1) is 0 Å². The molecule has 18 heavy (non-hydrogen) atoms. The van der Waals surface area contributed by atoms with Gasteiger partial charge >= 0.3 is 0 Å². The normalized spacial score (nSPS) is 13.2. The van der Waals surface area contributed by atoms with Crippen LogP contribution in [-0.2, 0) is 4.74 Å². The summed E-state index contributed by atoms with van der Waals surface area (Å²) in [6, 6.07) is 0. The summed E-state index contributed by atoms with van der Waals surface area (Å²) < 4.78 is 5.30. The third kappa shape index (κ3) is 8.07. The molecule has 0 radical (unpaired) electrons. The first-order valence-corrected chi connectivity index (χ1v) is 7.10. The van der Waals surface area contributed by atoms with Crippen molar-refractivity contribution in [3.63, 3.8) is 0 Å². The largest absolute Gasteiger partial charge is 0.494 e. The van der Waals surface area contributed by atoms with Crippen molar-refractivity contribution in [2.24, 2.45) is 0 Å². The number of allylic oxidation sites excluding steroid dienone is 5. The van der Waals surface area contributed by atoms with Crippen molar-refractivity contribution in [1.29, 1.82) is 0 Å². The van der Waals surface area contributed by atoms with Crippen molar-refractivity contribution in [2.75, 3.05) is 19.8 Å². The minimum atomic E-state index is -1.90. The lowest BCUT2D eigenvalue weighted by atomic mass is 10.1. The van der Waals surface area contributed by atoms with Crippen LogP contribution in [0.2, 0.25) is 0 Å². The predicted molar refractivity (Wildman–Crippen MR) is 77.0 cm³/mol. The Balaban J connectivity index is 4.56. The van der Waals surface area contributed by atoms with Crippen LogP contribution in [-0.4, -0.2) is 29.6 Å². The molecular formula is C13H22NO3P. The zero-order valence-electron chi connectivity index (χ0n) is 11.2. The van der Waals surface area contributed by atoms with E-state index in [1.807, 2.05) is 45.3 Å². The molecule has 0 fully saturated rings. The fourth-order valence-corrected chi connectivity index (χ4v) is 1.50. The Hall–Kier alpha value is -1.09. The van der Waals surface area contributed by atoms with Crippen molar-refractivity contribution >= 4 is 8.38 Å². The predicted octanol–water partition coefficient (Wildman–Crippen LogP) is 2.44. The molecule has 0 bridgehead atoms. The Bertz CT molecular complexity index is 346. The van der Waals surface area contributed by atoms with Crippen LogP contribution in [0.1, 0.15) is 13.8 Å². The van der Waals surface area contributed by atoms with Gasteiger partial charge in [-0.2, -0.15) is 0 Å². The Morgan fingerprint density at radius 3 is 2.61 bits per heavy atom. The number of rotatable bonds is 8. The molecule has 0 aromatic carbocycles. The van der Waals surface area contributed by atoms with Gasteiger partial charge in [0, 0.05) is 7.05 Å². The van der Waals surface area contributed by atoms with Gasteiger partial charge < -0.3 is 19.8 Å². The molecule has 0 aliphatic carbocycles. The zero-order valence-corrected chi connectivity index (χ0v) is 12.1. The first kappa shape index (κ1) is 16.9. The van der Waals surface area contributed by atoms with Crippen molar-refractivity contribution in [3.8, 4) is 0 Å². The van der Waals surface area contributed by atoms with E-state index in [0.29, 0.717) is 5.76 Å². The highest BCUT2D eigenvalue weighted by atomic mass is 31.2. The summed E-state index contributed by atoms with van der Waals surface area (Å²) in [4.78, 5) is 17.5. The molecule has 5 heteroatoms. The van der Waals surface area contributed by atoms with Crippen LogP contribution in [0.3, 0.4) is 0 Å². The second-order valence-electron chi connectivity index (χ2n) is 3.63. The molecule has 0 saturated heterocycles. The summed E-state index contributed by atoms with van der Waals surface area (Å²) in [5.41, 5.74) is 2.05. The summed E-state index contributed by atoms with van der Waals surface area (Å²) >= 11 is 0. The van der Waals surface area contributed by atoms with Crippen LogP contribution < -0.4 is 5.32 Å². The molecule has 102 valence electrons. The second-order valence-corrected chi connectivity index (χ2v) is 4.82. The summed E-state index contributed by atoms with van der Waals surface area (Å²) in [6.07, 6.45) is 7.84.